The van der Waals surface area contributed by atoms with Crippen LogP contribution in [0.15, 0.2) is 78.2 Å². The summed E-state index contributed by atoms with van der Waals surface area (Å²) in [6.07, 6.45) is -4.59. The van der Waals surface area contributed by atoms with Gasteiger partial charge in [-0.05, 0) is 59.2 Å². The number of hydrogen-bond acceptors (Lipinski definition) is 8. The van der Waals surface area contributed by atoms with Crippen molar-refractivity contribution in [1.82, 2.24) is 4.90 Å². The van der Waals surface area contributed by atoms with Crippen molar-refractivity contribution < 1.29 is 47.3 Å². The summed E-state index contributed by atoms with van der Waals surface area (Å²) in [5, 5.41) is 22.8. The van der Waals surface area contributed by atoms with E-state index in [0.29, 0.717) is 16.7 Å². The molecule has 244 valence electrons. The van der Waals surface area contributed by atoms with Gasteiger partial charge in [0.1, 0.15) is 18.1 Å². The predicted molar refractivity (Wildman–Crippen MR) is 161 cm³/mol. The molecule has 1 fully saturated rings. The van der Waals surface area contributed by atoms with Gasteiger partial charge in [0.15, 0.2) is 28.9 Å². The van der Waals surface area contributed by atoms with Gasteiger partial charge < -0.3 is 25.6 Å². The summed E-state index contributed by atoms with van der Waals surface area (Å²) in [6, 6.07) is 16.0. The van der Waals surface area contributed by atoms with Crippen LogP contribution in [-0.4, -0.2) is 58.1 Å². The summed E-state index contributed by atoms with van der Waals surface area (Å²) in [5.41, 5.74) is 3.84. The number of alkyl halides is 3. The standard InChI is InChI=1S/C35H31F3N2O7/c1-40(2)28-23-15-19-14-22-21(18-8-10-20(11-9-18)35(36,37)38)12-13-24(41)26(22)29(42)25(19)31(43)34(23,46)32(44)27(33(39)45)30(28)47-16-17-6-4-3-5-7-17/h3-13,19,23,25,27,41,46H,14-16H2,1-2H3,(H2,39,45)/t19-,23-,25?,27?,34-/m0/s1. The Morgan fingerprint density at radius 3 is 2.26 bits per heavy atom. The summed E-state index contributed by atoms with van der Waals surface area (Å²) >= 11 is 0. The zero-order valence-corrected chi connectivity index (χ0v) is 25.4. The highest BCUT2D eigenvalue weighted by Crippen LogP contribution is 2.53. The van der Waals surface area contributed by atoms with Crippen LogP contribution < -0.4 is 5.73 Å². The fourth-order valence-electron chi connectivity index (χ4n) is 7.36. The molecule has 1 saturated carbocycles. The van der Waals surface area contributed by atoms with Crippen molar-refractivity contribution in [2.24, 2.45) is 29.4 Å². The van der Waals surface area contributed by atoms with Crippen molar-refractivity contribution in [2.45, 2.75) is 31.2 Å². The van der Waals surface area contributed by atoms with E-state index in [2.05, 4.69) is 0 Å². The lowest BCUT2D eigenvalue weighted by Crippen LogP contribution is -2.68. The zero-order valence-electron chi connectivity index (χ0n) is 25.4. The number of phenolic OH excluding ortho intramolecular Hbond substituents is 1. The molecule has 0 aromatic heterocycles. The minimum absolute atomic E-state index is 0.0309. The van der Waals surface area contributed by atoms with Crippen molar-refractivity contribution in [3.8, 4) is 16.9 Å². The van der Waals surface area contributed by atoms with Crippen LogP contribution in [0.4, 0.5) is 13.2 Å². The second-order valence-corrected chi connectivity index (χ2v) is 12.4. The molecule has 3 aromatic rings. The van der Waals surface area contributed by atoms with E-state index in [1.807, 2.05) is 0 Å². The molecule has 1 amide bonds. The van der Waals surface area contributed by atoms with Gasteiger partial charge >= 0.3 is 6.18 Å². The second-order valence-electron chi connectivity index (χ2n) is 12.4. The van der Waals surface area contributed by atoms with Gasteiger partial charge in [-0.2, -0.15) is 13.2 Å². The van der Waals surface area contributed by atoms with E-state index in [1.165, 1.54) is 24.3 Å². The molecule has 2 unspecified atom stereocenters. The maximum atomic E-state index is 14.3. The highest BCUT2D eigenvalue weighted by atomic mass is 19.4. The molecule has 47 heavy (non-hydrogen) atoms. The number of amides is 1. The molecule has 0 aliphatic heterocycles. The number of hydrogen-bond donors (Lipinski definition) is 3. The molecule has 0 bridgehead atoms. The largest absolute Gasteiger partial charge is 0.507 e. The molecular weight excluding hydrogens is 617 g/mol. The lowest BCUT2D eigenvalue weighted by molar-refractivity contribution is -0.170. The molecule has 3 aliphatic rings. The van der Waals surface area contributed by atoms with E-state index in [1.54, 1.807) is 49.3 Å². The Morgan fingerprint density at radius 1 is 1.00 bits per heavy atom. The third-order valence-electron chi connectivity index (χ3n) is 9.47. The first kappa shape index (κ1) is 32.0. The molecule has 3 aromatic carbocycles. The molecule has 0 spiro atoms. The van der Waals surface area contributed by atoms with Gasteiger partial charge in [0, 0.05) is 20.0 Å². The van der Waals surface area contributed by atoms with Crippen LogP contribution in [0.3, 0.4) is 0 Å². The van der Waals surface area contributed by atoms with Crippen LogP contribution in [0, 0.1) is 23.7 Å². The maximum Gasteiger partial charge on any atom is 0.416 e. The molecule has 4 N–H and O–H groups in total. The molecule has 0 heterocycles. The number of rotatable bonds is 6. The number of halogens is 3. The number of primary amides is 1. The molecule has 0 saturated heterocycles. The Labute approximate surface area is 267 Å². The summed E-state index contributed by atoms with van der Waals surface area (Å²) in [6.45, 7) is -0.0443. The maximum absolute atomic E-state index is 14.3. The van der Waals surface area contributed by atoms with E-state index in [-0.39, 0.29) is 36.5 Å². The number of ketones is 3. The highest BCUT2D eigenvalue weighted by molar-refractivity contribution is 6.26. The van der Waals surface area contributed by atoms with Gasteiger partial charge in [0.25, 0.3) is 0 Å². The number of aromatic hydroxyl groups is 1. The molecule has 3 aliphatic carbocycles. The summed E-state index contributed by atoms with van der Waals surface area (Å²) in [7, 11) is 3.21. The average Bonchev–Trinajstić information content (AvgIpc) is 3.01. The molecular formula is C35H31F3N2O7. The van der Waals surface area contributed by atoms with E-state index >= 15 is 0 Å². The molecule has 6 rings (SSSR count). The summed E-state index contributed by atoms with van der Waals surface area (Å²) in [4.78, 5) is 56.6. The van der Waals surface area contributed by atoms with Crippen LogP contribution in [0.25, 0.3) is 11.1 Å². The van der Waals surface area contributed by atoms with Crippen molar-refractivity contribution in [1.29, 1.82) is 0 Å². The normalized spacial score (nSPS) is 25.5. The number of benzene rings is 3. The number of Topliss-reactive ketones (excluding diaryl/α,β-unsaturated/α-hetero) is 3. The SMILES string of the molecule is CN(C)C1=C(OCc2ccccc2)C(C(N)=O)C(=O)[C@@]2(O)C(=O)C3C(=O)c4c(O)ccc(-c5ccc(C(F)(F)F)cc5)c4C[C@H]3C[C@@H]12. The van der Waals surface area contributed by atoms with Crippen molar-refractivity contribution in [3.63, 3.8) is 0 Å². The number of phenols is 1. The van der Waals surface area contributed by atoms with Crippen molar-refractivity contribution in [3.05, 3.63) is 100 Å². The molecule has 12 heteroatoms. The fourth-order valence-corrected chi connectivity index (χ4v) is 7.36. The quantitative estimate of drug-likeness (QED) is 0.340. The Bertz CT molecular complexity index is 1840. The summed E-state index contributed by atoms with van der Waals surface area (Å²) in [5.74, 6) is -10.2. The monoisotopic (exact) mass is 648 g/mol. The van der Waals surface area contributed by atoms with Gasteiger partial charge in [-0.3, -0.25) is 19.2 Å². The second kappa shape index (κ2) is 11.4. The first-order valence-electron chi connectivity index (χ1n) is 14.9. The number of fused-ring (bicyclic) bond motifs is 3. The van der Waals surface area contributed by atoms with E-state index in [4.69, 9.17) is 10.5 Å². The van der Waals surface area contributed by atoms with E-state index in [0.717, 1.165) is 17.7 Å². The van der Waals surface area contributed by atoms with Crippen LogP contribution in [0.2, 0.25) is 0 Å². The Balaban J connectivity index is 1.46. The third kappa shape index (κ3) is 5.07. The Kier molecular flexibility index (Phi) is 7.74. The van der Waals surface area contributed by atoms with Gasteiger partial charge in [0.2, 0.25) is 5.91 Å². The van der Waals surface area contributed by atoms with Crippen LogP contribution in [0.5, 0.6) is 5.75 Å². The van der Waals surface area contributed by atoms with Crippen LogP contribution in [0.1, 0.15) is 33.5 Å². The van der Waals surface area contributed by atoms with Gasteiger partial charge in [-0.25, -0.2) is 0 Å². The van der Waals surface area contributed by atoms with Gasteiger partial charge in [0.05, 0.1) is 22.7 Å². The number of nitrogens with two attached hydrogens (primary N) is 1. The molecule has 9 nitrogen and oxygen atoms in total. The number of aliphatic hydroxyl groups is 1. The number of ether oxygens (including phenoxy) is 1. The molecule has 0 radical (unpaired) electrons. The third-order valence-corrected chi connectivity index (χ3v) is 9.47. The predicted octanol–water partition coefficient (Wildman–Crippen LogP) is 4.04. The van der Waals surface area contributed by atoms with Crippen LogP contribution in [-0.2, 0) is 38.3 Å². The molecule has 5 atom stereocenters. The lowest BCUT2D eigenvalue weighted by Gasteiger charge is -2.51. The zero-order chi connectivity index (χ0) is 34.0. The fraction of sp³-hybridized carbons (Fsp3) is 0.314. The van der Waals surface area contributed by atoms with Crippen molar-refractivity contribution >= 4 is 23.3 Å². The minimum atomic E-state index is -4.55. The smallest absolute Gasteiger partial charge is 0.416 e. The van der Waals surface area contributed by atoms with E-state index < -0.39 is 70.0 Å². The Morgan fingerprint density at radius 2 is 1.66 bits per heavy atom. The van der Waals surface area contributed by atoms with Gasteiger partial charge in [-0.1, -0.05) is 48.5 Å². The average molecular weight is 649 g/mol. The van der Waals surface area contributed by atoms with E-state index in [9.17, 15) is 42.6 Å². The minimum Gasteiger partial charge on any atom is -0.507 e. The number of nitrogens with zero attached hydrogens (tertiary/aromatic N) is 1. The van der Waals surface area contributed by atoms with Crippen LogP contribution >= 0.6 is 0 Å². The topological polar surface area (TPSA) is 147 Å². The van der Waals surface area contributed by atoms with Crippen molar-refractivity contribution in [2.75, 3.05) is 14.1 Å². The number of carbonyl (C=O) groups excluding carboxylic acids is 4. The first-order valence-corrected chi connectivity index (χ1v) is 14.9. The Hall–Kier alpha value is -4.97. The van der Waals surface area contributed by atoms with Gasteiger partial charge in [-0.15, -0.1) is 0 Å². The highest BCUT2D eigenvalue weighted by Gasteiger charge is 2.67. The number of carbonyl (C=O) groups is 4. The lowest BCUT2D eigenvalue weighted by atomic mass is 9.54. The first-order chi connectivity index (χ1) is 22.2. The summed E-state index contributed by atoms with van der Waals surface area (Å²) < 4.78 is 45.8.